The number of methoxy groups -OCH3 is 1. The molecule has 0 spiro atoms. The molecule has 3 unspecified atom stereocenters. The third kappa shape index (κ3) is 2.05. The van der Waals surface area contributed by atoms with Gasteiger partial charge in [0.1, 0.15) is 5.54 Å². The monoisotopic (exact) mass is 252 g/mol. The zero-order valence-electron chi connectivity index (χ0n) is 11.2. The van der Waals surface area contributed by atoms with Gasteiger partial charge in [-0.3, -0.25) is 4.79 Å². The second-order valence-corrected chi connectivity index (χ2v) is 6.45. The molecule has 2 aliphatic carbocycles. The van der Waals surface area contributed by atoms with Gasteiger partial charge in [0.25, 0.3) is 0 Å². The molecule has 1 heterocycles. The number of hydrogen-bond acceptors (Lipinski definition) is 4. The lowest BCUT2D eigenvalue weighted by Crippen LogP contribution is -2.58. The van der Waals surface area contributed by atoms with Crippen LogP contribution in [0.15, 0.2) is 0 Å². The van der Waals surface area contributed by atoms with E-state index >= 15 is 0 Å². The van der Waals surface area contributed by atoms with E-state index in [-0.39, 0.29) is 5.97 Å². The van der Waals surface area contributed by atoms with Crippen LogP contribution in [0.25, 0.3) is 0 Å². The Hall–Kier alpha value is -0.610. The van der Waals surface area contributed by atoms with Crippen molar-refractivity contribution in [1.82, 2.24) is 4.90 Å². The quantitative estimate of drug-likeness (QED) is 0.758. The van der Waals surface area contributed by atoms with E-state index < -0.39 is 5.54 Å². The van der Waals surface area contributed by atoms with Crippen molar-refractivity contribution >= 4 is 5.97 Å². The molecule has 2 N–H and O–H groups in total. The van der Waals surface area contributed by atoms with Crippen LogP contribution in [0.1, 0.15) is 32.1 Å². The maximum absolute atomic E-state index is 12.0. The Balaban J connectivity index is 1.65. The van der Waals surface area contributed by atoms with E-state index in [1.165, 1.54) is 26.4 Å². The number of carbonyl (C=O) groups excluding carboxylic acids is 1. The third-order valence-electron chi connectivity index (χ3n) is 5.16. The highest BCUT2D eigenvalue weighted by Gasteiger charge is 2.51. The number of fused-ring (bicyclic) bond motifs is 1. The first kappa shape index (κ1) is 12.4. The summed E-state index contributed by atoms with van der Waals surface area (Å²) in [6, 6.07) is 0. The Morgan fingerprint density at radius 3 is 2.39 bits per heavy atom. The number of nitrogens with zero attached hydrogens (tertiary/aromatic N) is 1. The summed E-state index contributed by atoms with van der Waals surface area (Å²) in [4.78, 5) is 14.4. The van der Waals surface area contributed by atoms with Gasteiger partial charge in [0, 0.05) is 19.6 Å². The molecule has 102 valence electrons. The molecule has 1 aliphatic heterocycles. The maximum atomic E-state index is 12.0. The molecule has 3 rings (SSSR count). The average Bonchev–Trinajstić information content (AvgIpc) is 3.02. The van der Waals surface area contributed by atoms with E-state index in [9.17, 15) is 4.79 Å². The molecular formula is C14H24N2O2. The van der Waals surface area contributed by atoms with E-state index in [4.69, 9.17) is 10.5 Å². The lowest BCUT2D eigenvalue weighted by Gasteiger charge is -2.31. The van der Waals surface area contributed by atoms with Crippen LogP contribution in [0.5, 0.6) is 0 Å². The Morgan fingerprint density at radius 1 is 1.28 bits per heavy atom. The Bertz CT molecular complexity index is 331. The van der Waals surface area contributed by atoms with Gasteiger partial charge in [-0.05, 0) is 43.4 Å². The second-order valence-electron chi connectivity index (χ2n) is 6.45. The van der Waals surface area contributed by atoms with Gasteiger partial charge >= 0.3 is 5.97 Å². The SMILES string of the molecule is COC(=O)C(N)(CN1CC2CCCC2C1)C1CC1. The van der Waals surface area contributed by atoms with Gasteiger partial charge in [0.2, 0.25) is 0 Å². The van der Waals surface area contributed by atoms with Gasteiger partial charge in [-0.2, -0.15) is 0 Å². The van der Waals surface area contributed by atoms with E-state index in [1.807, 2.05) is 0 Å². The summed E-state index contributed by atoms with van der Waals surface area (Å²) < 4.78 is 4.93. The summed E-state index contributed by atoms with van der Waals surface area (Å²) in [5, 5.41) is 0. The maximum Gasteiger partial charge on any atom is 0.327 e. The zero-order valence-corrected chi connectivity index (χ0v) is 11.2. The topological polar surface area (TPSA) is 55.6 Å². The molecular weight excluding hydrogens is 228 g/mol. The third-order valence-corrected chi connectivity index (χ3v) is 5.16. The highest BCUT2D eigenvalue weighted by molar-refractivity contribution is 5.81. The number of carbonyl (C=O) groups is 1. The van der Waals surface area contributed by atoms with E-state index in [1.54, 1.807) is 0 Å². The van der Waals surface area contributed by atoms with Crippen molar-refractivity contribution in [2.45, 2.75) is 37.6 Å². The smallest absolute Gasteiger partial charge is 0.327 e. The molecule has 0 aromatic rings. The Morgan fingerprint density at radius 2 is 1.89 bits per heavy atom. The molecule has 4 nitrogen and oxygen atoms in total. The van der Waals surface area contributed by atoms with Crippen molar-refractivity contribution in [1.29, 1.82) is 0 Å². The van der Waals surface area contributed by atoms with Crippen LogP contribution < -0.4 is 5.73 Å². The number of nitrogens with two attached hydrogens (primary N) is 1. The van der Waals surface area contributed by atoms with Crippen molar-refractivity contribution in [3.63, 3.8) is 0 Å². The fourth-order valence-corrected chi connectivity index (χ4v) is 3.98. The van der Waals surface area contributed by atoms with Crippen LogP contribution in [0, 0.1) is 17.8 Å². The van der Waals surface area contributed by atoms with Crippen LogP contribution >= 0.6 is 0 Å². The van der Waals surface area contributed by atoms with Gasteiger partial charge in [-0.1, -0.05) is 6.42 Å². The van der Waals surface area contributed by atoms with Gasteiger partial charge in [0.15, 0.2) is 0 Å². The fraction of sp³-hybridized carbons (Fsp3) is 0.929. The molecule has 3 atom stereocenters. The largest absolute Gasteiger partial charge is 0.468 e. The number of esters is 1. The molecule has 0 bridgehead atoms. The van der Waals surface area contributed by atoms with Crippen LogP contribution in [0.2, 0.25) is 0 Å². The number of ether oxygens (including phenoxy) is 1. The minimum atomic E-state index is -0.757. The van der Waals surface area contributed by atoms with Crippen molar-refractivity contribution in [2.75, 3.05) is 26.7 Å². The molecule has 18 heavy (non-hydrogen) atoms. The van der Waals surface area contributed by atoms with Crippen LogP contribution in [0.4, 0.5) is 0 Å². The summed E-state index contributed by atoms with van der Waals surface area (Å²) in [5.74, 6) is 1.82. The first-order valence-electron chi connectivity index (χ1n) is 7.23. The lowest BCUT2D eigenvalue weighted by molar-refractivity contribution is -0.148. The van der Waals surface area contributed by atoms with Gasteiger partial charge < -0.3 is 15.4 Å². The summed E-state index contributed by atoms with van der Waals surface area (Å²) in [6.07, 6.45) is 6.26. The second kappa shape index (κ2) is 4.49. The number of rotatable bonds is 4. The minimum Gasteiger partial charge on any atom is -0.468 e. The molecule has 2 saturated carbocycles. The van der Waals surface area contributed by atoms with Gasteiger partial charge in [-0.25, -0.2) is 0 Å². The standard InChI is InChI=1S/C14H24N2O2/c1-18-13(17)14(15,12-5-6-12)9-16-7-10-3-2-4-11(10)8-16/h10-12H,2-9,15H2,1H3. The Labute approximate surface area is 109 Å². The van der Waals surface area contributed by atoms with Gasteiger partial charge in [0.05, 0.1) is 7.11 Å². The fourth-order valence-electron chi connectivity index (χ4n) is 3.98. The van der Waals surface area contributed by atoms with Crippen molar-refractivity contribution in [2.24, 2.45) is 23.5 Å². The van der Waals surface area contributed by atoms with E-state index in [0.29, 0.717) is 12.5 Å². The molecule has 3 aliphatic rings. The first-order chi connectivity index (χ1) is 8.63. The summed E-state index contributed by atoms with van der Waals surface area (Å²) in [7, 11) is 1.45. The summed E-state index contributed by atoms with van der Waals surface area (Å²) >= 11 is 0. The predicted octanol–water partition coefficient (Wildman–Crippen LogP) is 0.999. The molecule has 0 radical (unpaired) electrons. The minimum absolute atomic E-state index is 0.220. The van der Waals surface area contributed by atoms with Crippen molar-refractivity contribution in [3.8, 4) is 0 Å². The van der Waals surface area contributed by atoms with Crippen LogP contribution in [-0.2, 0) is 9.53 Å². The highest BCUT2D eigenvalue weighted by Crippen LogP contribution is 2.42. The summed E-state index contributed by atoms with van der Waals surface area (Å²) in [5.41, 5.74) is 5.61. The Kier molecular flexibility index (Phi) is 3.10. The normalized spacial score (nSPS) is 35.2. The van der Waals surface area contributed by atoms with Crippen molar-refractivity contribution < 1.29 is 9.53 Å². The molecule has 4 heteroatoms. The van der Waals surface area contributed by atoms with Crippen molar-refractivity contribution in [3.05, 3.63) is 0 Å². The first-order valence-corrected chi connectivity index (χ1v) is 7.23. The van der Waals surface area contributed by atoms with E-state index in [2.05, 4.69) is 4.90 Å². The average molecular weight is 252 g/mol. The molecule has 3 fully saturated rings. The molecule has 0 aromatic heterocycles. The number of likely N-dealkylation sites (tertiary alicyclic amines) is 1. The lowest BCUT2D eigenvalue weighted by atomic mass is 9.94. The zero-order chi connectivity index (χ0) is 12.8. The number of hydrogen-bond donors (Lipinski definition) is 1. The molecule has 1 saturated heterocycles. The van der Waals surface area contributed by atoms with Crippen LogP contribution in [-0.4, -0.2) is 43.2 Å². The summed E-state index contributed by atoms with van der Waals surface area (Å²) in [6.45, 7) is 2.96. The molecule has 0 amide bonds. The van der Waals surface area contributed by atoms with Gasteiger partial charge in [-0.15, -0.1) is 0 Å². The van der Waals surface area contributed by atoms with Crippen LogP contribution in [0.3, 0.4) is 0 Å². The molecule has 0 aromatic carbocycles. The predicted molar refractivity (Wildman–Crippen MR) is 68.9 cm³/mol. The van der Waals surface area contributed by atoms with E-state index in [0.717, 1.165) is 37.8 Å². The highest BCUT2D eigenvalue weighted by atomic mass is 16.5.